The molecule has 4 heterocycles. The van der Waals surface area contributed by atoms with Gasteiger partial charge in [0.15, 0.2) is 5.82 Å². The minimum Gasteiger partial charge on any atom is -0.364 e. The monoisotopic (exact) mass is 479 g/mol. The molecule has 5 aromatic rings. The molecule has 8 heteroatoms. The van der Waals surface area contributed by atoms with Crippen LogP contribution >= 0.6 is 0 Å². The zero-order valence-electron chi connectivity index (χ0n) is 19.9. The predicted molar refractivity (Wildman–Crippen MR) is 138 cm³/mol. The molecule has 2 atom stereocenters. The second-order valence-electron chi connectivity index (χ2n) is 9.24. The maximum Gasteiger partial charge on any atom is 0.254 e. The minimum atomic E-state index is -0.983. The largest absolute Gasteiger partial charge is 0.364 e. The molecule has 7 nitrogen and oxygen atoms in total. The van der Waals surface area contributed by atoms with Crippen LogP contribution in [0.4, 0.5) is 10.2 Å². The van der Waals surface area contributed by atoms with Crippen molar-refractivity contribution in [3.63, 3.8) is 0 Å². The number of anilines is 1. The van der Waals surface area contributed by atoms with Gasteiger partial charge in [0.25, 0.3) is 5.95 Å². The summed E-state index contributed by atoms with van der Waals surface area (Å²) in [4.78, 5) is 4.93. The van der Waals surface area contributed by atoms with Gasteiger partial charge < -0.3 is 10.6 Å². The Bertz CT molecular complexity index is 1600. The van der Waals surface area contributed by atoms with Gasteiger partial charge in [0.1, 0.15) is 11.7 Å². The van der Waals surface area contributed by atoms with Crippen molar-refractivity contribution >= 4 is 22.2 Å². The Labute approximate surface area is 208 Å². The molecule has 1 fully saturated rings. The Balaban J connectivity index is 1.53. The number of alkyl halides is 1. The number of nitrogens with one attached hydrogen (secondary N) is 2. The van der Waals surface area contributed by atoms with Gasteiger partial charge in [0, 0.05) is 35.8 Å². The van der Waals surface area contributed by atoms with Crippen molar-refractivity contribution in [2.24, 2.45) is 0 Å². The van der Waals surface area contributed by atoms with E-state index >= 15 is 0 Å². The standard InChI is InChI=1S/C28H26FN7/c1-18-14-22-20(15-30)8-5-9-24(22)35(18)28-33-27(32-16-19-6-3-2-4-7-19)26-11-10-25(36(26)34-28)21-12-13-31-17-23(21)29/h2-11,14,21,23,31H,12-13,16-17H2,1H3,(H,32,33,34). The molecule has 0 spiro atoms. The second-order valence-corrected chi connectivity index (χ2v) is 9.24. The number of hydrogen-bond donors (Lipinski definition) is 2. The summed E-state index contributed by atoms with van der Waals surface area (Å²) < 4.78 is 18.8. The molecule has 6 rings (SSSR count). The highest BCUT2D eigenvalue weighted by Crippen LogP contribution is 2.32. The van der Waals surface area contributed by atoms with E-state index in [1.54, 1.807) is 0 Å². The van der Waals surface area contributed by atoms with E-state index in [4.69, 9.17) is 10.1 Å². The number of nitrogens with zero attached hydrogens (tertiary/aromatic N) is 5. The van der Waals surface area contributed by atoms with E-state index in [2.05, 4.69) is 28.8 Å². The molecule has 3 aromatic heterocycles. The average Bonchev–Trinajstić information content (AvgIpc) is 3.48. The second kappa shape index (κ2) is 9.10. The fourth-order valence-corrected chi connectivity index (χ4v) is 5.17. The van der Waals surface area contributed by atoms with Crippen molar-refractivity contribution in [1.82, 2.24) is 24.5 Å². The Morgan fingerprint density at radius 3 is 2.78 bits per heavy atom. The fourth-order valence-electron chi connectivity index (χ4n) is 5.17. The molecular weight excluding hydrogens is 453 g/mol. The fraction of sp³-hybridized carbons (Fsp3) is 0.250. The van der Waals surface area contributed by atoms with Gasteiger partial charge in [0.2, 0.25) is 0 Å². The molecule has 1 saturated heterocycles. The number of piperidine rings is 1. The lowest BCUT2D eigenvalue weighted by molar-refractivity contribution is 0.227. The predicted octanol–water partition coefficient (Wildman–Crippen LogP) is 4.88. The first kappa shape index (κ1) is 22.3. The van der Waals surface area contributed by atoms with Crippen molar-refractivity contribution in [1.29, 1.82) is 5.26 Å². The van der Waals surface area contributed by atoms with E-state index in [1.165, 1.54) is 0 Å². The third-order valence-corrected chi connectivity index (χ3v) is 6.97. The maximum atomic E-state index is 15.0. The zero-order chi connectivity index (χ0) is 24.6. The van der Waals surface area contributed by atoms with E-state index in [1.807, 2.05) is 70.6 Å². The quantitative estimate of drug-likeness (QED) is 0.375. The summed E-state index contributed by atoms with van der Waals surface area (Å²) >= 11 is 0. The van der Waals surface area contributed by atoms with Crippen molar-refractivity contribution in [3.05, 3.63) is 89.2 Å². The first-order chi connectivity index (χ1) is 17.6. The van der Waals surface area contributed by atoms with E-state index in [0.717, 1.165) is 39.9 Å². The Hall–Kier alpha value is -4.22. The number of nitriles is 1. The lowest BCUT2D eigenvalue weighted by atomic mass is 9.93. The number of aryl methyl sites for hydroxylation is 1. The van der Waals surface area contributed by atoms with Gasteiger partial charge in [-0.1, -0.05) is 36.4 Å². The third kappa shape index (κ3) is 3.78. The number of fused-ring (bicyclic) bond motifs is 2. The van der Waals surface area contributed by atoms with Crippen LogP contribution in [0.25, 0.3) is 22.4 Å². The van der Waals surface area contributed by atoms with Gasteiger partial charge in [-0.05, 0) is 55.8 Å². The summed E-state index contributed by atoms with van der Waals surface area (Å²) in [5.74, 6) is 0.908. The first-order valence-electron chi connectivity index (χ1n) is 12.2. The van der Waals surface area contributed by atoms with Crippen LogP contribution < -0.4 is 10.6 Å². The summed E-state index contributed by atoms with van der Waals surface area (Å²) in [6, 6.07) is 24.0. The van der Waals surface area contributed by atoms with Crippen LogP contribution in [0.2, 0.25) is 0 Å². The molecule has 1 aliphatic heterocycles. The third-order valence-electron chi connectivity index (χ3n) is 6.97. The summed E-state index contributed by atoms with van der Waals surface area (Å²) in [5, 5.41) is 22.0. The minimum absolute atomic E-state index is 0.244. The number of aromatic nitrogens is 4. The number of halogens is 1. The average molecular weight is 480 g/mol. The first-order valence-corrected chi connectivity index (χ1v) is 12.2. The molecular formula is C28H26FN7. The van der Waals surface area contributed by atoms with Gasteiger partial charge in [0.05, 0.1) is 17.1 Å². The van der Waals surface area contributed by atoms with Crippen molar-refractivity contribution < 1.29 is 4.39 Å². The van der Waals surface area contributed by atoms with E-state index in [0.29, 0.717) is 36.8 Å². The lowest BCUT2D eigenvalue weighted by Crippen LogP contribution is -2.37. The van der Waals surface area contributed by atoms with Crippen LogP contribution in [-0.4, -0.2) is 38.4 Å². The summed E-state index contributed by atoms with van der Waals surface area (Å²) in [7, 11) is 0. The van der Waals surface area contributed by atoms with Gasteiger partial charge in [-0.15, -0.1) is 5.10 Å². The number of rotatable bonds is 5. The zero-order valence-corrected chi connectivity index (χ0v) is 19.9. The van der Waals surface area contributed by atoms with Gasteiger partial charge in [-0.25, -0.2) is 8.91 Å². The Morgan fingerprint density at radius 1 is 1.11 bits per heavy atom. The smallest absolute Gasteiger partial charge is 0.254 e. The summed E-state index contributed by atoms with van der Waals surface area (Å²) in [6.45, 7) is 3.68. The Morgan fingerprint density at radius 2 is 1.97 bits per heavy atom. The van der Waals surface area contributed by atoms with Gasteiger partial charge in [-0.2, -0.15) is 10.2 Å². The van der Waals surface area contributed by atoms with Crippen LogP contribution in [0.1, 0.15) is 34.9 Å². The van der Waals surface area contributed by atoms with Crippen LogP contribution in [-0.2, 0) is 6.54 Å². The van der Waals surface area contributed by atoms with Crippen LogP contribution in [0.5, 0.6) is 0 Å². The molecule has 0 amide bonds. The molecule has 2 unspecified atom stereocenters. The number of benzene rings is 2. The molecule has 0 bridgehead atoms. The van der Waals surface area contributed by atoms with Gasteiger partial charge >= 0.3 is 0 Å². The van der Waals surface area contributed by atoms with E-state index < -0.39 is 6.17 Å². The lowest BCUT2D eigenvalue weighted by Gasteiger charge is -2.26. The molecule has 2 N–H and O–H groups in total. The SMILES string of the molecule is Cc1cc2c(C#N)cccc2n1-c1nc(NCc2ccccc2)c2ccc(C3CCNCC3F)n2n1. The normalized spacial score (nSPS) is 17.9. The van der Waals surface area contributed by atoms with Gasteiger partial charge in [-0.3, -0.25) is 4.57 Å². The van der Waals surface area contributed by atoms with E-state index in [9.17, 15) is 9.65 Å². The van der Waals surface area contributed by atoms with Crippen molar-refractivity contribution in [2.45, 2.75) is 32.0 Å². The topological polar surface area (TPSA) is 83.0 Å². The summed E-state index contributed by atoms with van der Waals surface area (Å²) in [6.07, 6.45) is -0.278. The van der Waals surface area contributed by atoms with Crippen molar-refractivity contribution in [3.8, 4) is 12.0 Å². The highest BCUT2D eigenvalue weighted by molar-refractivity contribution is 5.88. The molecule has 1 aliphatic rings. The van der Waals surface area contributed by atoms with Crippen LogP contribution in [0.15, 0.2) is 66.7 Å². The molecule has 0 radical (unpaired) electrons. The highest BCUT2D eigenvalue weighted by atomic mass is 19.1. The maximum absolute atomic E-state index is 15.0. The molecule has 0 aliphatic carbocycles. The van der Waals surface area contributed by atoms with Crippen LogP contribution in [0.3, 0.4) is 0 Å². The number of hydrogen-bond acceptors (Lipinski definition) is 5. The van der Waals surface area contributed by atoms with Crippen LogP contribution in [0, 0.1) is 18.3 Å². The molecule has 180 valence electrons. The summed E-state index contributed by atoms with van der Waals surface area (Å²) in [5.41, 5.74) is 5.17. The highest BCUT2D eigenvalue weighted by Gasteiger charge is 2.29. The molecule has 2 aromatic carbocycles. The molecule has 0 saturated carbocycles. The van der Waals surface area contributed by atoms with Crippen molar-refractivity contribution in [2.75, 3.05) is 18.4 Å². The molecule has 36 heavy (non-hydrogen) atoms. The van der Waals surface area contributed by atoms with E-state index in [-0.39, 0.29) is 5.92 Å². The Kier molecular flexibility index (Phi) is 5.62.